The van der Waals surface area contributed by atoms with Gasteiger partial charge >= 0.3 is 0 Å². The van der Waals surface area contributed by atoms with Crippen molar-refractivity contribution >= 4 is 0 Å². The Bertz CT molecular complexity index is 197. The highest BCUT2D eigenvalue weighted by atomic mass is 16.5. The summed E-state index contributed by atoms with van der Waals surface area (Å²) in [5.41, 5.74) is 0. The quantitative estimate of drug-likeness (QED) is 0.556. The lowest BCUT2D eigenvalue weighted by Crippen LogP contribution is -2.37. The zero-order chi connectivity index (χ0) is 14.1. The molecule has 0 spiro atoms. The molecule has 3 N–H and O–H groups in total. The minimum absolute atomic E-state index is 0.181. The second-order valence-corrected chi connectivity index (χ2v) is 5.90. The molecule has 0 saturated heterocycles. The number of aliphatic hydroxyl groups is 2. The summed E-state index contributed by atoms with van der Waals surface area (Å²) >= 11 is 0. The van der Waals surface area contributed by atoms with Gasteiger partial charge in [-0.05, 0) is 25.2 Å². The van der Waals surface area contributed by atoms with Gasteiger partial charge < -0.3 is 20.3 Å². The van der Waals surface area contributed by atoms with Crippen molar-refractivity contribution in [2.45, 2.75) is 59.4 Å². The van der Waals surface area contributed by atoms with E-state index in [1.165, 1.54) is 0 Å². The van der Waals surface area contributed by atoms with Crippen molar-refractivity contribution in [3.63, 3.8) is 0 Å². The van der Waals surface area contributed by atoms with E-state index < -0.39 is 6.10 Å². The summed E-state index contributed by atoms with van der Waals surface area (Å²) in [6, 6.07) is 0. The average molecular weight is 261 g/mol. The van der Waals surface area contributed by atoms with Gasteiger partial charge in [0, 0.05) is 13.1 Å². The summed E-state index contributed by atoms with van der Waals surface area (Å²) in [6.45, 7) is 11.6. The van der Waals surface area contributed by atoms with Crippen LogP contribution in [0.3, 0.4) is 0 Å². The van der Waals surface area contributed by atoms with Crippen LogP contribution in [0.15, 0.2) is 0 Å². The van der Waals surface area contributed by atoms with E-state index in [4.69, 9.17) is 4.74 Å². The number of hydrogen-bond acceptors (Lipinski definition) is 4. The lowest BCUT2D eigenvalue weighted by atomic mass is 10.1. The van der Waals surface area contributed by atoms with E-state index in [2.05, 4.69) is 19.2 Å². The Morgan fingerprint density at radius 3 is 2.11 bits per heavy atom. The zero-order valence-electron chi connectivity index (χ0n) is 12.5. The predicted molar refractivity (Wildman–Crippen MR) is 74.6 cm³/mol. The van der Waals surface area contributed by atoms with Crippen molar-refractivity contribution < 1.29 is 14.9 Å². The third-order valence-electron chi connectivity index (χ3n) is 2.88. The highest BCUT2D eigenvalue weighted by Gasteiger charge is 2.12. The first kappa shape index (κ1) is 17.8. The Morgan fingerprint density at radius 1 is 1.00 bits per heavy atom. The summed E-state index contributed by atoms with van der Waals surface area (Å²) in [4.78, 5) is 0. The largest absolute Gasteiger partial charge is 0.392 e. The maximum atomic E-state index is 9.71. The predicted octanol–water partition coefficient (Wildman–Crippen LogP) is 1.40. The first-order chi connectivity index (χ1) is 8.32. The van der Waals surface area contributed by atoms with Crippen molar-refractivity contribution in [3.8, 4) is 0 Å². The van der Waals surface area contributed by atoms with Gasteiger partial charge in [0.05, 0.1) is 24.9 Å². The lowest BCUT2D eigenvalue weighted by molar-refractivity contribution is -0.00962. The molecule has 0 fully saturated rings. The van der Waals surface area contributed by atoms with Crippen LogP contribution in [-0.2, 0) is 4.74 Å². The molecule has 0 heterocycles. The lowest BCUT2D eigenvalue weighted by Gasteiger charge is -2.19. The Balaban J connectivity index is 3.56. The van der Waals surface area contributed by atoms with Gasteiger partial charge in [0.2, 0.25) is 0 Å². The SMILES string of the molecule is CC(C)CC(C)OCC(O)CNCC(O)C(C)C. The highest BCUT2D eigenvalue weighted by molar-refractivity contribution is 4.66. The standard InChI is InChI=1S/C14H31NO3/c1-10(2)6-12(5)18-9-13(16)7-15-8-14(17)11(3)4/h10-17H,6-9H2,1-5H3. The molecule has 18 heavy (non-hydrogen) atoms. The second kappa shape index (κ2) is 9.73. The van der Waals surface area contributed by atoms with Crippen molar-refractivity contribution in [2.24, 2.45) is 11.8 Å². The molecule has 0 rings (SSSR count). The summed E-state index contributed by atoms with van der Waals surface area (Å²) in [6.07, 6.45) is 0.310. The van der Waals surface area contributed by atoms with Crippen LogP contribution in [0.5, 0.6) is 0 Å². The monoisotopic (exact) mass is 261 g/mol. The fourth-order valence-corrected chi connectivity index (χ4v) is 1.70. The molecule has 0 saturated carbocycles. The minimum atomic E-state index is -0.515. The summed E-state index contributed by atoms with van der Waals surface area (Å²) in [7, 11) is 0. The molecule has 0 aromatic heterocycles. The Morgan fingerprint density at radius 2 is 1.61 bits per heavy atom. The van der Waals surface area contributed by atoms with E-state index in [1.54, 1.807) is 0 Å². The Labute approximate surface area is 112 Å². The van der Waals surface area contributed by atoms with Crippen LogP contribution in [0.25, 0.3) is 0 Å². The number of hydrogen-bond donors (Lipinski definition) is 3. The molecule has 0 aromatic rings. The van der Waals surface area contributed by atoms with Crippen molar-refractivity contribution in [2.75, 3.05) is 19.7 Å². The summed E-state index contributed by atoms with van der Waals surface area (Å²) in [5.74, 6) is 0.841. The summed E-state index contributed by atoms with van der Waals surface area (Å²) in [5, 5.41) is 22.3. The Kier molecular flexibility index (Phi) is 9.64. The second-order valence-electron chi connectivity index (χ2n) is 5.90. The molecule has 0 aromatic carbocycles. The van der Waals surface area contributed by atoms with Gasteiger partial charge in [0.1, 0.15) is 0 Å². The van der Waals surface area contributed by atoms with Crippen LogP contribution in [0.2, 0.25) is 0 Å². The van der Waals surface area contributed by atoms with Crippen LogP contribution in [0, 0.1) is 11.8 Å². The molecular weight excluding hydrogens is 230 g/mol. The fraction of sp³-hybridized carbons (Fsp3) is 1.00. The average Bonchev–Trinajstić information content (AvgIpc) is 2.25. The first-order valence-electron chi connectivity index (χ1n) is 7.01. The molecule has 0 radical (unpaired) electrons. The molecule has 3 atom stereocenters. The van der Waals surface area contributed by atoms with Crippen LogP contribution in [-0.4, -0.2) is 48.2 Å². The van der Waals surface area contributed by atoms with Crippen LogP contribution >= 0.6 is 0 Å². The number of nitrogens with one attached hydrogen (secondary N) is 1. The molecule has 0 bridgehead atoms. The van der Waals surface area contributed by atoms with Gasteiger partial charge in [0.25, 0.3) is 0 Å². The molecule has 4 heteroatoms. The molecule has 110 valence electrons. The van der Waals surface area contributed by atoms with Crippen LogP contribution < -0.4 is 5.32 Å². The topological polar surface area (TPSA) is 61.7 Å². The summed E-state index contributed by atoms with van der Waals surface area (Å²) < 4.78 is 5.57. The molecule has 0 aliphatic rings. The molecule has 4 nitrogen and oxygen atoms in total. The number of rotatable bonds is 10. The maximum Gasteiger partial charge on any atom is 0.0897 e. The van der Waals surface area contributed by atoms with E-state index in [9.17, 15) is 10.2 Å². The smallest absolute Gasteiger partial charge is 0.0897 e. The molecular formula is C14H31NO3. The third-order valence-corrected chi connectivity index (χ3v) is 2.88. The first-order valence-corrected chi connectivity index (χ1v) is 7.01. The van der Waals surface area contributed by atoms with Crippen molar-refractivity contribution in [3.05, 3.63) is 0 Å². The highest BCUT2D eigenvalue weighted by Crippen LogP contribution is 2.07. The van der Waals surface area contributed by atoms with E-state index in [0.717, 1.165) is 6.42 Å². The van der Waals surface area contributed by atoms with Gasteiger partial charge in [-0.25, -0.2) is 0 Å². The van der Waals surface area contributed by atoms with Gasteiger partial charge in [0.15, 0.2) is 0 Å². The van der Waals surface area contributed by atoms with Gasteiger partial charge in [-0.15, -0.1) is 0 Å². The Hall–Kier alpha value is -0.160. The van der Waals surface area contributed by atoms with Crippen LogP contribution in [0.1, 0.15) is 41.0 Å². The van der Waals surface area contributed by atoms with Crippen molar-refractivity contribution in [1.82, 2.24) is 5.32 Å². The third kappa shape index (κ3) is 9.83. The van der Waals surface area contributed by atoms with E-state index in [-0.39, 0.29) is 18.1 Å². The van der Waals surface area contributed by atoms with Gasteiger partial charge in [-0.1, -0.05) is 27.7 Å². The van der Waals surface area contributed by atoms with E-state index in [1.807, 2.05) is 20.8 Å². The fourth-order valence-electron chi connectivity index (χ4n) is 1.70. The minimum Gasteiger partial charge on any atom is -0.392 e. The van der Waals surface area contributed by atoms with Crippen LogP contribution in [0.4, 0.5) is 0 Å². The van der Waals surface area contributed by atoms with E-state index >= 15 is 0 Å². The molecule has 3 unspecified atom stereocenters. The molecule has 0 aliphatic heterocycles. The molecule has 0 amide bonds. The van der Waals surface area contributed by atoms with Crippen molar-refractivity contribution in [1.29, 1.82) is 0 Å². The van der Waals surface area contributed by atoms with Gasteiger partial charge in [-0.2, -0.15) is 0 Å². The normalized spacial score (nSPS) is 17.2. The zero-order valence-corrected chi connectivity index (χ0v) is 12.5. The number of ether oxygens (including phenoxy) is 1. The number of aliphatic hydroxyl groups excluding tert-OH is 2. The van der Waals surface area contributed by atoms with E-state index in [0.29, 0.717) is 25.6 Å². The maximum absolute atomic E-state index is 9.71. The molecule has 0 aliphatic carbocycles. The van der Waals surface area contributed by atoms with Gasteiger partial charge in [-0.3, -0.25) is 0 Å².